The summed E-state index contributed by atoms with van der Waals surface area (Å²) >= 11 is 0. The van der Waals surface area contributed by atoms with Crippen molar-refractivity contribution in [1.29, 1.82) is 0 Å². The second kappa shape index (κ2) is 7.44. The van der Waals surface area contributed by atoms with Gasteiger partial charge >= 0.3 is 0 Å². The van der Waals surface area contributed by atoms with Crippen LogP contribution >= 0.6 is 0 Å². The molecule has 1 N–H and O–H groups in total. The molecule has 3 aromatic carbocycles. The van der Waals surface area contributed by atoms with Crippen LogP contribution in [0.25, 0.3) is 22.8 Å². The van der Waals surface area contributed by atoms with Gasteiger partial charge in [0.25, 0.3) is 11.8 Å². The number of carbonyl (C=O) groups is 1. The van der Waals surface area contributed by atoms with Crippen LogP contribution in [0.15, 0.2) is 77.3 Å². The van der Waals surface area contributed by atoms with Crippen LogP contribution in [0.5, 0.6) is 0 Å². The Balaban J connectivity index is 1.63. The van der Waals surface area contributed by atoms with Gasteiger partial charge < -0.3 is 9.84 Å². The summed E-state index contributed by atoms with van der Waals surface area (Å²) in [6.45, 7) is 1.93. The maximum Gasteiger partial charge on any atom is 0.260 e. The predicted molar refractivity (Wildman–Crippen MR) is 104 cm³/mol. The molecule has 0 spiro atoms. The Morgan fingerprint density at radius 2 is 1.79 bits per heavy atom. The SMILES string of the molecule is Cc1cccc(C(=O)Nc2ccccc2-c2nc(-c3ccc(F)cc3)no2)c1. The number of halogens is 1. The van der Waals surface area contributed by atoms with Crippen LogP contribution < -0.4 is 5.32 Å². The first kappa shape index (κ1) is 17.6. The van der Waals surface area contributed by atoms with Gasteiger partial charge in [0.05, 0.1) is 11.3 Å². The molecule has 0 saturated heterocycles. The molecule has 0 fully saturated rings. The molecular weight excluding hydrogens is 357 g/mol. The van der Waals surface area contributed by atoms with E-state index < -0.39 is 0 Å². The van der Waals surface area contributed by atoms with E-state index in [2.05, 4.69) is 15.5 Å². The highest BCUT2D eigenvalue weighted by atomic mass is 19.1. The first-order valence-corrected chi connectivity index (χ1v) is 8.67. The summed E-state index contributed by atoms with van der Waals surface area (Å²) in [6.07, 6.45) is 0. The molecule has 0 saturated carbocycles. The first-order chi connectivity index (χ1) is 13.6. The van der Waals surface area contributed by atoms with Gasteiger partial charge in [-0.05, 0) is 55.5 Å². The average molecular weight is 373 g/mol. The number of rotatable bonds is 4. The first-order valence-electron chi connectivity index (χ1n) is 8.67. The molecule has 138 valence electrons. The Labute approximate surface area is 160 Å². The summed E-state index contributed by atoms with van der Waals surface area (Å²) in [5.41, 5.74) is 3.36. The van der Waals surface area contributed by atoms with Crippen molar-refractivity contribution >= 4 is 11.6 Å². The van der Waals surface area contributed by atoms with Gasteiger partial charge in [-0.3, -0.25) is 4.79 Å². The average Bonchev–Trinajstić information content (AvgIpc) is 3.19. The van der Waals surface area contributed by atoms with Gasteiger partial charge in [-0.1, -0.05) is 35.0 Å². The lowest BCUT2D eigenvalue weighted by atomic mass is 10.1. The van der Waals surface area contributed by atoms with Crippen molar-refractivity contribution in [2.24, 2.45) is 0 Å². The number of nitrogens with zero attached hydrogens (tertiary/aromatic N) is 2. The molecule has 0 bridgehead atoms. The van der Waals surface area contributed by atoms with Crippen LogP contribution in [0.1, 0.15) is 15.9 Å². The monoisotopic (exact) mass is 373 g/mol. The Morgan fingerprint density at radius 3 is 2.57 bits per heavy atom. The summed E-state index contributed by atoms with van der Waals surface area (Å²) in [5.74, 6) is 0.0420. The minimum absolute atomic E-state index is 0.227. The number of amides is 1. The maximum atomic E-state index is 13.1. The molecule has 0 aliphatic carbocycles. The van der Waals surface area contributed by atoms with Crippen LogP contribution in [-0.2, 0) is 0 Å². The Hall–Kier alpha value is -3.80. The summed E-state index contributed by atoms with van der Waals surface area (Å²) < 4.78 is 18.5. The number of hydrogen-bond donors (Lipinski definition) is 1. The van der Waals surface area contributed by atoms with E-state index in [0.717, 1.165) is 5.56 Å². The predicted octanol–water partition coefficient (Wildman–Crippen LogP) is 5.10. The normalized spacial score (nSPS) is 10.6. The number of benzene rings is 3. The molecule has 5 nitrogen and oxygen atoms in total. The fourth-order valence-electron chi connectivity index (χ4n) is 2.81. The quantitative estimate of drug-likeness (QED) is 0.540. The van der Waals surface area contributed by atoms with Crippen LogP contribution in [-0.4, -0.2) is 16.0 Å². The van der Waals surface area contributed by atoms with Gasteiger partial charge in [-0.15, -0.1) is 0 Å². The zero-order chi connectivity index (χ0) is 19.5. The van der Waals surface area contributed by atoms with Gasteiger partial charge in [0.2, 0.25) is 5.82 Å². The van der Waals surface area contributed by atoms with Crippen LogP contribution in [0.4, 0.5) is 10.1 Å². The van der Waals surface area contributed by atoms with Crippen LogP contribution in [0.2, 0.25) is 0 Å². The lowest BCUT2D eigenvalue weighted by molar-refractivity contribution is 0.102. The number of carbonyl (C=O) groups excluding carboxylic acids is 1. The molecule has 1 aromatic heterocycles. The third-order valence-electron chi connectivity index (χ3n) is 4.21. The van der Waals surface area contributed by atoms with Crippen molar-refractivity contribution in [2.45, 2.75) is 6.92 Å². The molecule has 6 heteroatoms. The van der Waals surface area contributed by atoms with Crippen LogP contribution in [0, 0.1) is 12.7 Å². The van der Waals surface area contributed by atoms with E-state index in [9.17, 15) is 9.18 Å². The fraction of sp³-hybridized carbons (Fsp3) is 0.0455. The highest BCUT2D eigenvalue weighted by molar-refractivity contribution is 6.06. The molecule has 1 heterocycles. The van der Waals surface area contributed by atoms with Crippen molar-refractivity contribution in [2.75, 3.05) is 5.32 Å². The molecule has 4 rings (SSSR count). The van der Waals surface area contributed by atoms with E-state index in [4.69, 9.17) is 4.52 Å². The van der Waals surface area contributed by atoms with E-state index in [1.54, 1.807) is 30.3 Å². The summed E-state index contributed by atoms with van der Waals surface area (Å²) in [5, 5.41) is 6.85. The van der Waals surface area contributed by atoms with E-state index in [1.807, 2.05) is 37.3 Å². The van der Waals surface area contributed by atoms with Crippen molar-refractivity contribution < 1.29 is 13.7 Å². The number of anilines is 1. The van der Waals surface area contributed by atoms with Crippen molar-refractivity contribution in [3.05, 3.63) is 89.7 Å². The topological polar surface area (TPSA) is 68.0 Å². The maximum absolute atomic E-state index is 13.1. The number of para-hydroxylation sites is 1. The second-order valence-electron chi connectivity index (χ2n) is 6.30. The van der Waals surface area contributed by atoms with Crippen molar-refractivity contribution in [3.8, 4) is 22.8 Å². The Bertz CT molecular complexity index is 1140. The number of nitrogens with one attached hydrogen (secondary N) is 1. The molecule has 4 aromatic rings. The molecule has 0 unspecified atom stereocenters. The fourth-order valence-corrected chi connectivity index (χ4v) is 2.81. The molecule has 28 heavy (non-hydrogen) atoms. The van der Waals surface area contributed by atoms with Gasteiger partial charge in [0.1, 0.15) is 5.82 Å². The Morgan fingerprint density at radius 1 is 1.00 bits per heavy atom. The van der Waals surface area contributed by atoms with E-state index in [-0.39, 0.29) is 17.6 Å². The van der Waals surface area contributed by atoms with Gasteiger partial charge in [0.15, 0.2) is 0 Å². The number of aryl methyl sites for hydroxylation is 1. The highest BCUT2D eigenvalue weighted by Crippen LogP contribution is 2.29. The smallest absolute Gasteiger partial charge is 0.260 e. The molecular formula is C22H16FN3O2. The lowest BCUT2D eigenvalue weighted by Gasteiger charge is -2.09. The van der Waals surface area contributed by atoms with E-state index >= 15 is 0 Å². The zero-order valence-electron chi connectivity index (χ0n) is 15.0. The third kappa shape index (κ3) is 3.66. The second-order valence-corrected chi connectivity index (χ2v) is 6.30. The Kier molecular flexibility index (Phi) is 4.68. The molecule has 0 aliphatic rings. The van der Waals surface area contributed by atoms with Gasteiger partial charge in [-0.25, -0.2) is 4.39 Å². The van der Waals surface area contributed by atoms with E-state index in [0.29, 0.717) is 28.2 Å². The summed E-state index contributed by atoms with van der Waals surface area (Å²) in [7, 11) is 0. The minimum atomic E-state index is -0.336. The van der Waals surface area contributed by atoms with Gasteiger partial charge in [0, 0.05) is 11.1 Å². The summed E-state index contributed by atoms with van der Waals surface area (Å²) in [4.78, 5) is 17.0. The minimum Gasteiger partial charge on any atom is -0.334 e. The lowest BCUT2D eigenvalue weighted by Crippen LogP contribution is -2.12. The molecule has 0 aliphatic heterocycles. The zero-order valence-corrected chi connectivity index (χ0v) is 15.0. The van der Waals surface area contributed by atoms with Crippen molar-refractivity contribution in [3.63, 3.8) is 0 Å². The largest absolute Gasteiger partial charge is 0.334 e. The van der Waals surface area contributed by atoms with E-state index in [1.165, 1.54) is 12.1 Å². The third-order valence-corrected chi connectivity index (χ3v) is 4.21. The number of hydrogen-bond acceptors (Lipinski definition) is 4. The number of aromatic nitrogens is 2. The summed E-state index contributed by atoms with van der Waals surface area (Å²) in [6, 6.07) is 20.4. The molecule has 0 atom stereocenters. The van der Waals surface area contributed by atoms with Crippen molar-refractivity contribution in [1.82, 2.24) is 10.1 Å². The highest BCUT2D eigenvalue weighted by Gasteiger charge is 2.16. The standard InChI is InChI=1S/C22H16FN3O2/c1-14-5-4-6-16(13-14)21(27)24-19-8-3-2-7-18(19)22-25-20(26-28-22)15-9-11-17(23)12-10-15/h2-13H,1H3,(H,24,27). The van der Waals surface area contributed by atoms with Crippen LogP contribution in [0.3, 0.4) is 0 Å². The molecule has 0 radical (unpaired) electrons. The van der Waals surface area contributed by atoms with Gasteiger partial charge in [-0.2, -0.15) is 4.98 Å². The molecule has 1 amide bonds.